The summed E-state index contributed by atoms with van der Waals surface area (Å²) in [5.41, 5.74) is 0.933. The van der Waals surface area contributed by atoms with Gasteiger partial charge in [-0.15, -0.1) is 0 Å². The van der Waals surface area contributed by atoms with Gasteiger partial charge < -0.3 is 9.47 Å². The summed E-state index contributed by atoms with van der Waals surface area (Å²) in [4.78, 5) is 3.89. The van der Waals surface area contributed by atoms with E-state index < -0.39 is 22.4 Å². The number of aryl methyl sites for hydroxylation is 1. The van der Waals surface area contributed by atoms with Gasteiger partial charge in [-0.2, -0.15) is 0 Å². The Morgan fingerprint density at radius 3 is 2.37 bits per heavy atom. The van der Waals surface area contributed by atoms with E-state index in [0.717, 1.165) is 5.56 Å². The lowest BCUT2D eigenvalue weighted by molar-refractivity contribution is -0.115. The third-order valence-electron chi connectivity index (χ3n) is 2.65. The van der Waals surface area contributed by atoms with Gasteiger partial charge in [0, 0.05) is 26.6 Å². The summed E-state index contributed by atoms with van der Waals surface area (Å²) in [5.74, 6) is 0.0154. The Balaban J connectivity index is 2.52. The lowest BCUT2D eigenvalue weighted by Crippen LogP contribution is -2.43. The van der Waals surface area contributed by atoms with Crippen molar-refractivity contribution in [2.24, 2.45) is 0 Å². The second kappa shape index (κ2) is 7.54. The Hall–Kier alpha value is -1.02. The Labute approximate surface area is 114 Å². The third kappa shape index (κ3) is 5.65. The Bertz CT molecular complexity index is 460. The quantitative estimate of drug-likeness (QED) is 0.707. The first kappa shape index (κ1) is 16.0. The zero-order valence-corrected chi connectivity index (χ0v) is 12.2. The Morgan fingerprint density at radius 1 is 1.26 bits per heavy atom. The van der Waals surface area contributed by atoms with E-state index in [1.807, 2.05) is 0 Å². The monoisotopic (exact) mass is 288 g/mol. The van der Waals surface area contributed by atoms with E-state index in [1.165, 1.54) is 14.2 Å². The van der Waals surface area contributed by atoms with Gasteiger partial charge in [0.2, 0.25) is 10.0 Å². The number of sulfonamides is 1. The molecule has 1 rings (SSSR count). The molecular formula is C12H20N2O4S. The van der Waals surface area contributed by atoms with E-state index >= 15 is 0 Å². The van der Waals surface area contributed by atoms with Gasteiger partial charge in [0.15, 0.2) is 6.29 Å². The van der Waals surface area contributed by atoms with Gasteiger partial charge in [0.05, 0.1) is 11.8 Å². The van der Waals surface area contributed by atoms with Crippen LogP contribution in [0.5, 0.6) is 0 Å². The summed E-state index contributed by atoms with van der Waals surface area (Å²) in [7, 11) is -0.438. The summed E-state index contributed by atoms with van der Waals surface area (Å²) in [5, 5.41) is 0. The molecule has 0 saturated carbocycles. The van der Waals surface area contributed by atoms with Gasteiger partial charge in [-0.05, 0) is 31.0 Å². The first-order chi connectivity index (χ1) is 8.98. The lowest BCUT2D eigenvalue weighted by Gasteiger charge is -2.21. The summed E-state index contributed by atoms with van der Waals surface area (Å²) in [6, 6.07) is 3.15. The summed E-state index contributed by atoms with van der Waals surface area (Å²) in [6.07, 6.45) is 3.12. The fraction of sp³-hybridized carbons (Fsp3) is 0.583. The standard InChI is InChI=1S/C12H20N2O4S/c1-10(12(17-2)18-3)14-19(15,16)9-6-11-4-7-13-8-5-11/h4-5,7-8,10,12,14H,6,9H2,1-3H3. The van der Waals surface area contributed by atoms with E-state index in [2.05, 4.69) is 9.71 Å². The zero-order chi connectivity index (χ0) is 14.3. The molecule has 0 spiro atoms. The maximum absolute atomic E-state index is 11.9. The molecule has 0 radical (unpaired) electrons. The predicted molar refractivity (Wildman–Crippen MR) is 72.1 cm³/mol. The molecule has 0 saturated heterocycles. The van der Waals surface area contributed by atoms with E-state index in [0.29, 0.717) is 6.42 Å². The lowest BCUT2D eigenvalue weighted by atomic mass is 10.2. The average molecular weight is 288 g/mol. The number of nitrogens with one attached hydrogen (secondary N) is 1. The number of hydrogen-bond donors (Lipinski definition) is 1. The van der Waals surface area contributed by atoms with Crippen molar-refractivity contribution in [2.75, 3.05) is 20.0 Å². The predicted octanol–water partition coefficient (Wildman–Crippen LogP) is 0.551. The minimum Gasteiger partial charge on any atom is -0.354 e. The highest BCUT2D eigenvalue weighted by molar-refractivity contribution is 7.89. The fourth-order valence-electron chi connectivity index (χ4n) is 1.70. The van der Waals surface area contributed by atoms with E-state index in [-0.39, 0.29) is 5.75 Å². The molecule has 6 nitrogen and oxygen atoms in total. The van der Waals surface area contributed by atoms with Crippen molar-refractivity contribution >= 4 is 10.0 Å². The van der Waals surface area contributed by atoms with Crippen LogP contribution in [0.2, 0.25) is 0 Å². The number of aromatic nitrogens is 1. The van der Waals surface area contributed by atoms with Crippen LogP contribution in [0, 0.1) is 0 Å². The van der Waals surface area contributed by atoms with Gasteiger partial charge in [0.25, 0.3) is 0 Å². The smallest absolute Gasteiger partial charge is 0.212 e. The minimum atomic E-state index is -3.37. The number of rotatable bonds is 8. The number of pyridine rings is 1. The van der Waals surface area contributed by atoms with E-state index in [1.54, 1.807) is 31.5 Å². The van der Waals surface area contributed by atoms with Crippen molar-refractivity contribution in [3.8, 4) is 0 Å². The SMILES string of the molecule is COC(OC)C(C)NS(=O)(=O)CCc1ccncc1. The van der Waals surface area contributed by atoms with Crippen LogP contribution in [0.1, 0.15) is 12.5 Å². The average Bonchev–Trinajstić information content (AvgIpc) is 2.38. The highest BCUT2D eigenvalue weighted by Crippen LogP contribution is 2.04. The number of hydrogen-bond acceptors (Lipinski definition) is 5. The van der Waals surface area contributed by atoms with Crippen molar-refractivity contribution in [1.29, 1.82) is 0 Å². The van der Waals surface area contributed by atoms with Crippen molar-refractivity contribution in [3.05, 3.63) is 30.1 Å². The highest BCUT2D eigenvalue weighted by atomic mass is 32.2. The molecule has 0 amide bonds. The van der Waals surface area contributed by atoms with Gasteiger partial charge >= 0.3 is 0 Å². The summed E-state index contributed by atoms with van der Waals surface area (Å²) < 4.78 is 36.4. The summed E-state index contributed by atoms with van der Waals surface area (Å²) in [6.45, 7) is 1.70. The molecule has 1 aromatic rings. The van der Waals surface area contributed by atoms with Crippen molar-refractivity contribution in [1.82, 2.24) is 9.71 Å². The van der Waals surface area contributed by atoms with Crippen LogP contribution < -0.4 is 4.72 Å². The maximum Gasteiger partial charge on any atom is 0.212 e. The second-order valence-electron chi connectivity index (χ2n) is 4.17. The van der Waals surface area contributed by atoms with Crippen LogP contribution >= 0.6 is 0 Å². The Morgan fingerprint density at radius 2 is 1.84 bits per heavy atom. The first-order valence-corrected chi connectivity index (χ1v) is 7.58. The van der Waals surface area contributed by atoms with Crippen molar-refractivity contribution in [3.63, 3.8) is 0 Å². The van der Waals surface area contributed by atoms with Gasteiger partial charge in [0.1, 0.15) is 0 Å². The highest BCUT2D eigenvalue weighted by Gasteiger charge is 2.21. The number of ether oxygens (including phenoxy) is 2. The van der Waals surface area contributed by atoms with Crippen LogP contribution in [0.15, 0.2) is 24.5 Å². The molecule has 0 aliphatic rings. The van der Waals surface area contributed by atoms with Crippen LogP contribution in [-0.4, -0.2) is 45.7 Å². The number of methoxy groups -OCH3 is 2. The maximum atomic E-state index is 11.9. The molecule has 0 fully saturated rings. The minimum absolute atomic E-state index is 0.0154. The molecule has 1 N–H and O–H groups in total. The van der Waals surface area contributed by atoms with E-state index in [9.17, 15) is 8.42 Å². The second-order valence-corrected chi connectivity index (χ2v) is 6.04. The molecule has 0 aromatic carbocycles. The molecule has 1 aromatic heterocycles. The van der Waals surface area contributed by atoms with Crippen molar-refractivity contribution < 1.29 is 17.9 Å². The van der Waals surface area contributed by atoms with Crippen LogP contribution in [0.25, 0.3) is 0 Å². The molecule has 1 atom stereocenters. The third-order valence-corrected chi connectivity index (χ3v) is 4.12. The van der Waals surface area contributed by atoms with Crippen molar-refractivity contribution in [2.45, 2.75) is 25.7 Å². The molecule has 108 valence electrons. The van der Waals surface area contributed by atoms with Gasteiger partial charge in [-0.1, -0.05) is 0 Å². The van der Waals surface area contributed by atoms with E-state index in [4.69, 9.17) is 9.47 Å². The van der Waals surface area contributed by atoms with Gasteiger partial charge in [-0.3, -0.25) is 4.98 Å². The molecular weight excluding hydrogens is 268 g/mol. The first-order valence-electron chi connectivity index (χ1n) is 5.93. The normalized spacial score (nSPS) is 13.7. The topological polar surface area (TPSA) is 77.5 Å². The number of nitrogens with zero attached hydrogens (tertiary/aromatic N) is 1. The Kier molecular flexibility index (Phi) is 6.36. The molecule has 0 bridgehead atoms. The van der Waals surface area contributed by atoms with Crippen LogP contribution in [0.3, 0.4) is 0 Å². The van der Waals surface area contributed by atoms with Gasteiger partial charge in [-0.25, -0.2) is 13.1 Å². The molecule has 7 heteroatoms. The van der Waals surface area contributed by atoms with Crippen LogP contribution in [0.4, 0.5) is 0 Å². The largest absolute Gasteiger partial charge is 0.354 e. The molecule has 0 aliphatic carbocycles. The van der Waals surface area contributed by atoms with Crippen LogP contribution in [-0.2, 0) is 25.9 Å². The molecule has 1 unspecified atom stereocenters. The fourth-order valence-corrected chi connectivity index (χ4v) is 3.00. The zero-order valence-electron chi connectivity index (χ0n) is 11.4. The summed E-state index contributed by atoms with van der Waals surface area (Å²) >= 11 is 0. The molecule has 1 heterocycles. The molecule has 0 aliphatic heterocycles. The molecule has 19 heavy (non-hydrogen) atoms.